The average molecular weight is 374 g/mol. The molecule has 0 N–H and O–H groups in total. The van der Waals surface area contributed by atoms with Gasteiger partial charge in [-0.05, 0) is 53.4 Å². The maximum Gasteiger partial charge on any atom is 0.254 e. The minimum Gasteiger partial charge on any atom is -0.493 e. The Bertz CT molecular complexity index is 988. The van der Waals surface area contributed by atoms with Gasteiger partial charge in [-0.15, -0.1) is 0 Å². The Hall–Kier alpha value is -3.34. The van der Waals surface area contributed by atoms with Crippen molar-refractivity contribution in [3.63, 3.8) is 0 Å². The number of carbonyl (C=O) groups excluding carboxylic acids is 1. The van der Waals surface area contributed by atoms with E-state index in [-0.39, 0.29) is 11.9 Å². The molecule has 5 heteroatoms. The van der Waals surface area contributed by atoms with Crippen LogP contribution in [-0.4, -0.2) is 36.6 Å². The quantitative estimate of drug-likeness (QED) is 0.695. The van der Waals surface area contributed by atoms with Crippen molar-refractivity contribution in [2.75, 3.05) is 20.8 Å². The summed E-state index contributed by atoms with van der Waals surface area (Å²) < 4.78 is 10.7. The Kier molecular flexibility index (Phi) is 4.98. The van der Waals surface area contributed by atoms with Gasteiger partial charge in [0.15, 0.2) is 11.5 Å². The molecule has 0 spiro atoms. The number of fused-ring (bicyclic) bond motifs is 1. The molecule has 1 amide bonds. The first-order chi connectivity index (χ1) is 13.7. The van der Waals surface area contributed by atoms with Crippen molar-refractivity contribution in [1.82, 2.24) is 9.88 Å². The van der Waals surface area contributed by atoms with Crippen LogP contribution in [0.4, 0.5) is 0 Å². The lowest BCUT2D eigenvalue weighted by Crippen LogP contribution is -2.40. The van der Waals surface area contributed by atoms with Crippen LogP contribution in [0.1, 0.15) is 33.1 Å². The van der Waals surface area contributed by atoms with Gasteiger partial charge in [0.25, 0.3) is 5.91 Å². The summed E-state index contributed by atoms with van der Waals surface area (Å²) in [7, 11) is 3.16. The number of nitrogens with zero attached hydrogens (tertiary/aromatic N) is 2. The number of hydrogen-bond acceptors (Lipinski definition) is 4. The Morgan fingerprint density at radius 1 is 1.00 bits per heavy atom. The number of aromatic nitrogens is 1. The molecule has 0 saturated heterocycles. The molecule has 0 radical (unpaired) electrons. The zero-order valence-corrected chi connectivity index (χ0v) is 16.0. The van der Waals surface area contributed by atoms with E-state index in [1.807, 2.05) is 29.2 Å². The lowest BCUT2D eigenvalue weighted by molar-refractivity contribution is 0.0694. The second-order valence-electron chi connectivity index (χ2n) is 6.70. The van der Waals surface area contributed by atoms with Crippen molar-refractivity contribution < 1.29 is 14.3 Å². The first-order valence-electron chi connectivity index (χ1n) is 9.23. The van der Waals surface area contributed by atoms with Crippen molar-refractivity contribution in [3.8, 4) is 11.5 Å². The summed E-state index contributed by atoms with van der Waals surface area (Å²) in [6, 6.07) is 17.4. The van der Waals surface area contributed by atoms with Crippen LogP contribution in [0, 0.1) is 0 Å². The van der Waals surface area contributed by atoms with Crippen molar-refractivity contribution in [1.29, 1.82) is 0 Å². The van der Waals surface area contributed by atoms with Crippen LogP contribution < -0.4 is 9.47 Å². The molecule has 28 heavy (non-hydrogen) atoms. The van der Waals surface area contributed by atoms with Crippen LogP contribution in [0.5, 0.6) is 11.5 Å². The summed E-state index contributed by atoms with van der Waals surface area (Å²) in [5.41, 5.74) is 4.07. The molecule has 1 atom stereocenters. The topological polar surface area (TPSA) is 51.7 Å². The SMILES string of the molecule is COc1ccc(C(=O)N2CCc3ccccc3C2c2ccncc2)cc1OC. The molecular weight excluding hydrogens is 352 g/mol. The fourth-order valence-corrected chi connectivity index (χ4v) is 3.83. The lowest BCUT2D eigenvalue weighted by Gasteiger charge is -2.38. The van der Waals surface area contributed by atoms with Gasteiger partial charge in [-0.1, -0.05) is 24.3 Å². The van der Waals surface area contributed by atoms with Crippen LogP contribution in [0.3, 0.4) is 0 Å². The van der Waals surface area contributed by atoms with E-state index in [1.54, 1.807) is 44.8 Å². The standard InChI is InChI=1S/C23H22N2O3/c1-27-20-8-7-18(15-21(20)28-2)23(26)25-14-11-16-5-3-4-6-19(16)22(25)17-9-12-24-13-10-17/h3-10,12-13,15,22H,11,14H2,1-2H3. The van der Waals surface area contributed by atoms with Gasteiger partial charge < -0.3 is 14.4 Å². The minimum absolute atomic E-state index is 0.0303. The van der Waals surface area contributed by atoms with Crippen molar-refractivity contribution in [2.45, 2.75) is 12.5 Å². The number of amides is 1. The molecule has 0 fully saturated rings. The Labute approximate surface area is 164 Å². The molecule has 2 aromatic carbocycles. The molecule has 5 nitrogen and oxygen atoms in total. The van der Waals surface area contributed by atoms with Gasteiger partial charge in [0.2, 0.25) is 0 Å². The van der Waals surface area contributed by atoms with Gasteiger partial charge >= 0.3 is 0 Å². The highest BCUT2D eigenvalue weighted by molar-refractivity contribution is 5.95. The van der Waals surface area contributed by atoms with Gasteiger partial charge in [-0.3, -0.25) is 9.78 Å². The molecule has 2 heterocycles. The van der Waals surface area contributed by atoms with E-state index >= 15 is 0 Å². The molecule has 0 saturated carbocycles. The molecule has 4 rings (SSSR count). The van der Waals surface area contributed by atoms with E-state index in [0.717, 1.165) is 17.5 Å². The van der Waals surface area contributed by atoms with E-state index < -0.39 is 0 Å². The van der Waals surface area contributed by atoms with E-state index in [2.05, 4.69) is 17.1 Å². The minimum atomic E-state index is -0.145. The van der Waals surface area contributed by atoms with E-state index in [4.69, 9.17) is 9.47 Å². The molecule has 142 valence electrons. The highest BCUT2D eigenvalue weighted by Gasteiger charge is 2.32. The maximum atomic E-state index is 13.5. The monoisotopic (exact) mass is 374 g/mol. The molecule has 3 aromatic rings. The van der Waals surface area contributed by atoms with Crippen LogP contribution in [0.15, 0.2) is 67.0 Å². The summed E-state index contributed by atoms with van der Waals surface area (Å²) >= 11 is 0. The van der Waals surface area contributed by atoms with Crippen molar-refractivity contribution in [2.24, 2.45) is 0 Å². The first-order valence-corrected chi connectivity index (χ1v) is 9.23. The van der Waals surface area contributed by atoms with E-state index in [1.165, 1.54) is 5.56 Å². The fourth-order valence-electron chi connectivity index (χ4n) is 3.83. The highest BCUT2D eigenvalue weighted by Crippen LogP contribution is 2.36. The molecule has 0 bridgehead atoms. The van der Waals surface area contributed by atoms with Gasteiger partial charge in [0.05, 0.1) is 20.3 Å². The van der Waals surface area contributed by atoms with E-state index in [0.29, 0.717) is 23.6 Å². The number of pyridine rings is 1. The summed E-state index contributed by atoms with van der Waals surface area (Å²) in [6.45, 7) is 0.650. The first kappa shape index (κ1) is 18.0. The average Bonchev–Trinajstić information content (AvgIpc) is 2.77. The summed E-state index contributed by atoms with van der Waals surface area (Å²) in [6.07, 6.45) is 4.37. The van der Waals surface area contributed by atoms with Crippen molar-refractivity contribution >= 4 is 5.91 Å². The highest BCUT2D eigenvalue weighted by atomic mass is 16.5. The van der Waals surface area contributed by atoms with Crippen LogP contribution in [0.25, 0.3) is 0 Å². The van der Waals surface area contributed by atoms with Gasteiger partial charge in [0, 0.05) is 24.5 Å². The predicted molar refractivity (Wildman–Crippen MR) is 107 cm³/mol. The third kappa shape index (κ3) is 3.20. The second kappa shape index (κ2) is 7.72. The van der Waals surface area contributed by atoms with Crippen molar-refractivity contribution in [3.05, 3.63) is 89.2 Å². The van der Waals surface area contributed by atoms with E-state index in [9.17, 15) is 4.79 Å². The smallest absolute Gasteiger partial charge is 0.254 e. The Morgan fingerprint density at radius 2 is 1.75 bits per heavy atom. The molecule has 0 aliphatic carbocycles. The third-order valence-electron chi connectivity index (χ3n) is 5.20. The zero-order chi connectivity index (χ0) is 19.5. The number of carbonyl (C=O) groups is 1. The predicted octanol–water partition coefficient (Wildman–Crippen LogP) is 3.89. The lowest BCUT2D eigenvalue weighted by atomic mass is 9.88. The van der Waals surface area contributed by atoms with Gasteiger partial charge in [-0.2, -0.15) is 0 Å². The largest absolute Gasteiger partial charge is 0.493 e. The second-order valence-corrected chi connectivity index (χ2v) is 6.70. The van der Waals surface area contributed by atoms with Crippen LogP contribution >= 0.6 is 0 Å². The molecule has 1 aliphatic heterocycles. The Morgan fingerprint density at radius 3 is 2.50 bits per heavy atom. The summed E-state index contributed by atoms with van der Waals surface area (Å²) in [5.74, 6) is 1.12. The number of benzene rings is 2. The molecule has 1 aromatic heterocycles. The number of ether oxygens (including phenoxy) is 2. The summed E-state index contributed by atoms with van der Waals surface area (Å²) in [5, 5.41) is 0. The van der Waals surface area contributed by atoms with Gasteiger partial charge in [0.1, 0.15) is 0 Å². The van der Waals surface area contributed by atoms with Crippen LogP contribution in [-0.2, 0) is 6.42 Å². The number of methoxy groups -OCH3 is 2. The maximum absolute atomic E-state index is 13.5. The zero-order valence-electron chi connectivity index (χ0n) is 16.0. The molecular formula is C23H22N2O3. The number of hydrogen-bond donors (Lipinski definition) is 0. The fraction of sp³-hybridized carbons (Fsp3) is 0.217. The number of rotatable bonds is 4. The molecule has 1 aliphatic rings. The van der Waals surface area contributed by atoms with Gasteiger partial charge in [-0.25, -0.2) is 0 Å². The van der Waals surface area contributed by atoms with Crippen LogP contribution in [0.2, 0.25) is 0 Å². The third-order valence-corrected chi connectivity index (χ3v) is 5.20. The molecule has 1 unspecified atom stereocenters. The Balaban J connectivity index is 1.76. The summed E-state index contributed by atoms with van der Waals surface area (Å²) in [4.78, 5) is 19.5. The normalized spacial score (nSPS) is 15.6.